The van der Waals surface area contributed by atoms with Gasteiger partial charge in [0, 0.05) is 13.1 Å². The van der Waals surface area contributed by atoms with Crippen molar-refractivity contribution in [3.05, 3.63) is 35.4 Å². The van der Waals surface area contributed by atoms with Crippen molar-refractivity contribution in [2.75, 3.05) is 19.9 Å². The molecule has 1 amide bonds. The highest BCUT2D eigenvalue weighted by molar-refractivity contribution is 5.79. The molecule has 4 nitrogen and oxygen atoms in total. The van der Waals surface area contributed by atoms with E-state index in [4.69, 9.17) is 9.47 Å². The number of ether oxygens (including phenoxy) is 2. The number of amides is 1. The Morgan fingerprint density at radius 3 is 2.95 bits per heavy atom. The van der Waals surface area contributed by atoms with Crippen LogP contribution in [0.1, 0.15) is 18.9 Å². The minimum Gasteiger partial charge on any atom is -0.454 e. The summed E-state index contributed by atoms with van der Waals surface area (Å²) < 4.78 is 10.6. The van der Waals surface area contributed by atoms with Crippen LogP contribution in [-0.2, 0) is 11.2 Å². The maximum atomic E-state index is 12.2. The first-order valence-corrected chi connectivity index (χ1v) is 6.54. The molecule has 0 radical (unpaired) electrons. The van der Waals surface area contributed by atoms with E-state index in [9.17, 15) is 4.79 Å². The van der Waals surface area contributed by atoms with Crippen LogP contribution < -0.4 is 9.47 Å². The first kappa shape index (κ1) is 12.1. The first-order valence-electron chi connectivity index (χ1n) is 6.54. The summed E-state index contributed by atoms with van der Waals surface area (Å²) in [4.78, 5) is 14.1. The number of hydrogen-bond donors (Lipinski definition) is 0. The maximum Gasteiger partial charge on any atom is 0.231 e. The zero-order valence-electron chi connectivity index (χ0n) is 11.0. The van der Waals surface area contributed by atoms with E-state index in [1.54, 1.807) is 0 Å². The molecule has 1 aromatic carbocycles. The minimum atomic E-state index is 0.169. The lowest BCUT2D eigenvalue weighted by Gasteiger charge is -2.25. The molecule has 0 aliphatic carbocycles. The molecule has 4 heteroatoms. The molecule has 0 aromatic heterocycles. The second-order valence-electron chi connectivity index (χ2n) is 5.00. The highest BCUT2D eigenvalue weighted by Gasteiger charge is 2.18. The average molecular weight is 259 g/mol. The molecule has 3 rings (SSSR count). The first-order chi connectivity index (χ1) is 9.22. The molecule has 1 aromatic rings. The van der Waals surface area contributed by atoms with Crippen molar-refractivity contribution < 1.29 is 14.3 Å². The summed E-state index contributed by atoms with van der Waals surface area (Å²) in [6.07, 6.45) is 3.53. The van der Waals surface area contributed by atoms with Gasteiger partial charge in [0.05, 0.1) is 6.42 Å². The molecule has 2 heterocycles. The molecule has 2 aliphatic rings. The van der Waals surface area contributed by atoms with Crippen LogP contribution in [0.4, 0.5) is 0 Å². The number of hydrogen-bond acceptors (Lipinski definition) is 3. The van der Waals surface area contributed by atoms with E-state index in [0.29, 0.717) is 6.42 Å². The van der Waals surface area contributed by atoms with Crippen molar-refractivity contribution in [3.8, 4) is 11.5 Å². The van der Waals surface area contributed by atoms with Crippen LogP contribution in [0.3, 0.4) is 0 Å². The predicted octanol–water partition coefficient (Wildman–Crippen LogP) is 2.14. The number of rotatable bonds is 2. The smallest absolute Gasteiger partial charge is 0.231 e. The molecule has 0 saturated heterocycles. The topological polar surface area (TPSA) is 38.8 Å². The van der Waals surface area contributed by atoms with Crippen LogP contribution in [0.25, 0.3) is 0 Å². The molecule has 0 spiro atoms. The van der Waals surface area contributed by atoms with Crippen LogP contribution in [0, 0.1) is 0 Å². The Hall–Kier alpha value is -1.97. The van der Waals surface area contributed by atoms with Crippen molar-refractivity contribution in [2.24, 2.45) is 0 Å². The van der Waals surface area contributed by atoms with Gasteiger partial charge in [-0.05, 0) is 31.0 Å². The van der Waals surface area contributed by atoms with Crippen molar-refractivity contribution in [1.82, 2.24) is 4.90 Å². The Balaban J connectivity index is 1.66. The SMILES string of the molecule is CC1=CCN(C(=O)Cc2ccc3c(c2)OCO3)CC1. The standard InChI is InChI=1S/C15H17NO3/c1-11-4-6-16(7-5-11)15(17)9-12-2-3-13-14(8-12)19-10-18-13/h2-4,8H,5-7,9-10H2,1H3. The van der Waals surface area contributed by atoms with Crippen LogP contribution in [0.5, 0.6) is 11.5 Å². The summed E-state index contributed by atoms with van der Waals surface area (Å²) in [5, 5.41) is 0. The quantitative estimate of drug-likeness (QED) is 0.764. The van der Waals surface area contributed by atoms with Gasteiger partial charge in [0.25, 0.3) is 0 Å². The third-order valence-corrected chi connectivity index (χ3v) is 3.58. The molecule has 0 unspecified atom stereocenters. The molecule has 0 atom stereocenters. The van der Waals surface area contributed by atoms with Crippen LogP contribution in [0.2, 0.25) is 0 Å². The van der Waals surface area contributed by atoms with Gasteiger partial charge in [-0.2, -0.15) is 0 Å². The fraction of sp³-hybridized carbons (Fsp3) is 0.400. The molecular weight excluding hydrogens is 242 g/mol. The second-order valence-corrected chi connectivity index (χ2v) is 5.00. The normalized spacial score (nSPS) is 17.3. The van der Waals surface area contributed by atoms with Gasteiger partial charge < -0.3 is 14.4 Å². The molecule has 0 bridgehead atoms. The van der Waals surface area contributed by atoms with Gasteiger partial charge in [0.2, 0.25) is 12.7 Å². The summed E-state index contributed by atoms with van der Waals surface area (Å²) in [5.74, 6) is 1.66. The van der Waals surface area contributed by atoms with Crippen molar-refractivity contribution in [2.45, 2.75) is 19.8 Å². The maximum absolute atomic E-state index is 12.2. The lowest BCUT2D eigenvalue weighted by molar-refractivity contribution is -0.130. The lowest BCUT2D eigenvalue weighted by Crippen LogP contribution is -2.35. The summed E-state index contributed by atoms with van der Waals surface area (Å²) in [7, 11) is 0. The fourth-order valence-corrected chi connectivity index (χ4v) is 2.33. The van der Waals surface area contributed by atoms with Crippen molar-refractivity contribution in [1.29, 1.82) is 0 Å². The Morgan fingerprint density at radius 2 is 2.16 bits per heavy atom. The van der Waals surface area contributed by atoms with Gasteiger partial charge in [-0.1, -0.05) is 17.7 Å². The van der Waals surface area contributed by atoms with Gasteiger partial charge >= 0.3 is 0 Å². The van der Waals surface area contributed by atoms with E-state index in [1.165, 1.54) is 5.57 Å². The minimum absolute atomic E-state index is 0.169. The van der Waals surface area contributed by atoms with E-state index in [-0.39, 0.29) is 12.7 Å². The molecular formula is C15H17NO3. The van der Waals surface area contributed by atoms with Crippen LogP contribution >= 0.6 is 0 Å². The van der Waals surface area contributed by atoms with Gasteiger partial charge in [-0.3, -0.25) is 4.79 Å². The molecule has 19 heavy (non-hydrogen) atoms. The Bertz CT molecular complexity index is 536. The molecule has 2 aliphatic heterocycles. The number of nitrogens with zero attached hydrogens (tertiary/aromatic N) is 1. The molecule has 0 saturated carbocycles. The van der Waals surface area contributed by atoms with E-state index in [1.807, 2.05) is 23.1 Å². The summed E-state index contributed by atoms with van der Waals surface area (Å²) in [5.41, 5.74) is 2.34. The van der Waals surface area contributed by atoms with Crippen molar-refractivity contribution >= 4 is 5.91 Å². The zero-order chi connectivity index (χ0) is 13.2. The van der Waals surface area contributed by atoms with E-state index in [2.05, 4.69) is 13.0 Å². The Kier molecular flexibility index (Phi) is 3.15. The number of benzene rings is 1. The van der Waals surface area contributed by atoms with Crippen LogP contribution in [0.15, 0.2) is 29.8 Å². The highest BCUT2D eigenvalue weighted by Crippen LogP contribution is 2.32. The highest BCUT2D eigenvalue weighted by atomic mass is 16.7. The molecule has 0 fully saturated rings. The third kappa shape index (κ3) is 2.57. The van der Waals surface area contributed by atoms with Gasteiger partial charge in [-0.15, -0.1) is 0 Å². The van der Waals surface area contributed by atoms with E-state index >= 15 is 0 Å². The number of fused-ring (bicyclic) bond motifs is 1. The summed E-state index contributed by atoms with van der Waals surface area (Å²) >= 11 is 0. The van der Waals surface area contributed by atoms with Gasteiger partial charge in [0.15, 0.2) is 11.5 Å². The van der Waals surface area contributed by atoms with E-state index < -0.39 is 0 Å². The van der Waals surface area contributed by atoms with Crippen molar-refractivity contribution in [3.63, 3.8) is 0 Å². The largest absolute Gasteiger partial charge is 0.454 e. The lowest BCUT2D eigenvalue weighted by atomic mass is 10.1. The Morgan fingerprint density at radius 1 is 1.32 bits per heavy atom. The number of carbonyl (C=O) groups excluding carboxylic acids is 1. The number of carbonyl (C=O) groups is 1. The Labute approximate surface area is 112 Å². The zero-order valence-corrected chi connectivity index (χ0v) is 11.0. The van der Waals surface area contributed by atoms with Gasteiger partial charge in [0.1, 0.15) is 0 Å². The second kappa shape index (κ2) is 4.96. The monoisotopic (exact) mass is 259 g/mol. The molecule has 100 valence electrons. The third-order valence-electron chi connectivity index (χ3n) is 3.58. The van der Waals surface area contributed by atoms with Crippen LogP contribution in [-0.4, -0.2) is 30.7 Å². The predicted molar refractivity (Wildman–Crippen MR) is 71.2 cm³/mol. The average Bonchev–Trinajstić information content (AvgIpc) is 2.87. The fourth-order valence-electron chi connectivity index (χ4n) is 2.33. The summed E-state index contributed by atoms with van der Waals surface area (Å²) in [6.45, 7) is 3.93. The molecule has 0 N–H and O–H groups in total. The van der Waals surface area contributed by atoms with Gasteiger partial charge in [-0.25, -0.2) is 0 Å². The van der Waals surface area contributed by atoms with E-state index in [0.717, 1.165) is 36.6 Å². The summed E-state index contributed by atoms with van der Waals surface area (Å²) in [6, 6.07) is 5.69.